The number of nitrogens with two attached hydrogens (primary N) is 1. The Morgan fingerprint density at radius 3 is 2.86 bits per heavy atom. The van der Waals surface area contributed by atoms with Gasteiger partial charge in [0.1, 0.15) is 6.20 Å². The summed E-state index contributed by atoms with van der Waals surface area (Å²) in [7, 11) is 0. The Kier molecular flexibility index (Phi) is 2.11. The minimum Gasteiger partial charge on any atom is -0.378 e. The van der Waals surface area contributed by atoms with E-state index in [0.717, 1.165) is 0 Å². The van der Waals surface area contributed by atoms with E-state index in [4.69, 9.17) is 5.73 Å². The third-order valence-corrected chi connectivity index (χ3v) is 2.71. The van der Waals surface area contributed by atoms with Crippen molar-refractivity contribution in [3.8, 4) is 0 Å². The fourth-order valence-corrected chi connectivity index (χ4v) is 1.59. The molecule has 1 aliphatic rings. The Morgan fingerprint density at radius 1 is 1.71 bits per heavy atom. The smallest absolute Gasteiger partial charge is 0.330 e. The van der Waals surface area contributed by atoms with Crippen LogP contribution in [0.2, 0.25) is 0 Å². The van der Waals surface area contributed by atoms with Crippen LogP contribution in [0.4, 0.5) is 11.5 Å². The van der Waals surface area contributed by atoms with Crippen molar-refractivity contribution in [2.75, 3.05) is 5.73 Å². The van der Waals surface area contributed by atoms with Crippen molar-refractivity contribution in [1.82, 2.24) is 9.78 Å². The van der Waals surface area contributed by atoms with Crippen LogP contribution in [0.15, 0.2) is 6.20 Å². The van der Waals surface area contributed by atoms with Crippen LogP contribution >= 0.6 is 0 Å². The van der Waals surface area contributed by atoms with Gasteiger partial charge in [-0.25, -0.2) is 4.68 Å². The second kappa shape index (κ2) is 3.28. The standard InChI is InChI=1S/C8H12N4O2/c9-8-7(12(13)14)4-10-11(8)5-6-2-1-3-6/h4,6H,1-3,5,9H2. The van der Waals surface area contributed by atoms with Crippen LogP contribution in [0.1, 0.15) is 19.3 Å². The Labute approximate surface area is 80.9 Å². The molecule has 6 heteroatoms. The third kappa shape index (κ3) is 1.43. The minimum absolute atomic E-state index is 0.0932. The largest absolute Gasteiger partial charge is 0.378 e. The molecule has 14 heavy (non-hydrogen) atoms. The Bertz CT molecular complexity index is 356. The summed E-state index contributed by atoms with van der Waals surface area (Å²) in [5, 5.41) is 14.4. The number of anilines is 1. The monoisotopic (exact) mass is 196 g/mol. The minimum atomic E-state index is -0.500. The Balaban J connectivity index is 2.13. The molecule has 0 atom stereocenters. The second-order valence-electron chi connectivity index (χ2n) is 3.65. The average molecular weight is 196 g/mol. The summed E-state index contributed by atoms with van der Waals surface area (Å²) in [6.45, 7) is 0.708. The van der Waals surface area contributed by atoms with E-state index in [1.54, 1.807) is 0 Å². The van der Waals surface area contributed by atoms with Crippen LogP contribution < -0.4 is 5.73 Å². The summed E-state index contributed by atoms with van der Waals surface area (Å²) in [5.41, 5.74) is 5.50. The fraction of sp³-hybridized carbons (Fsp3) is 0.625. The number of nitrogens with zero attached hydrogens (tertiary/aromatic N) is 3. The molecule has 1 aromatic rings. The summed E-state index contributed by atoms with van der Waals surface area (Å²) in [6.07, 6.45) is 4.81. The molecule has 0 bridgehead atoms. The lowest BCUT2D eigenvalue weighted by Gasteiger charge is -2.25. The molecule has 0 aliphatic heterocycles. The van der Waals surface area contributed by atoms with Crippen LogP contribution in [0, 0.1) is 16.0 Å². The number of nitro groups is 1. The normalized spacial score (nSPS) is 16.6. The van der Waals surface area contributed by atoms with Crippen molar-refractivity contribution in [2.45, 2.75) is 25.8 Å². The van der Waals surface area contributed by atoms with Crippen LogP contribution in [0.25, 0.3) is 0 Å². The van der Waals surface area contributed by atoms with Crippen molar-refractivity contribution >= 4 is 11.5 Å². The van der Waals surface area contributed by atoms with Gasteiger partial charge in [-0.1, -0.05) is 6.42 Å². The van der Waals surface area contributed by atoms with Gasteiger partial charge in [0.15, 0.2) is 0 Å². The fourth-order valence-electron chi connectivity index (χ4n) is 1.59. The molecule has 1 aliphatic carbocycles. The lowest BCUT2D eigenvalue weighted by molar-refractivity contribution is -0.384. The Morgan fingerprint density at radius 2 is 2.43 bits per heavy atom. The van der Waals surface area contributed by atoms with Crippen LogP contribution in [-0.2, 0) is 6.54 Å². The van der Waals surface area contributed by atoms with E-state index < -0.39 is 4.92 Å². The highest BCUT2D eigenvalue weighted by Gasteiger charge is 2.22. The molecule has 0 radical (unpaired) electrons. The highest BCUT2D eigenvalue weighted by Crippen LogP contribution is 2.29. The Hall–Kier alpha value is -1.59. The summed E-state index contributed by atoms with van der Waals surface area (Å²) in [4.78, 5) is 9.98. The van der Waals surface area contributed by atoms with E-state index in [2.05, 4.69) is 5.10 Å². The molecular weight excluding hydrogens is 184 g/mol. The summed E-state index contributed by atoms with van der Waals surface area (Å²) in [6, 6.07) is 0. The van der Waals surface area contributed by atoms with Crippen LogP contribution in [0.5, 0.6) is 0 Å². The lowest BCUT2D eigenvalue weighted by Crippen LogP contribution is -2.19. The maximum Gasteiger partial charge on any atom is 0.330 e. The maximum atomic E-state index is 10.5. The number of nitrogen functional groups attached to an aromatic ring is 1. The van der Waals surface area contributed by atoms with E-state index in [1.807, 2.05) is 0 Å². The van der Waals surface area contributed by atoms with Gasteiger partial charge in [-0.3, -0.25) is 10.1 Å². The predicted octanol–water partition coefficient (Wildman–Crippen LogP) is 1.17. The van der Waals surface area contributed by atoms with Crippen molar-refractivity contribution < 1.29 is 4.92 Å². The first kappa shape index (κ1) is 8.98. The average Bonchev–Trinajstić information content (AvgIpc) is 2.40. The van der Waals surface area contributed by atoms with Crippen molar-refractivity contribution in [3.05, 3.63) is 16.3 Å². The summed E-state index contributed by atoms with van der Waals surface area (Å²) in [5.74, 6) is 0.763. The molecule has 6 nitrogen and oxygen atoms in total. The molecule has 1 heterocycles. The zero-order valence-corrected chi connectivity index (χ0v) is 7.72. The van der Waals surface area contributed by atoms with E-state index >= 15 is 0 Å². The SMILES string of the molecule is Nc1c([N+](=O)[O-])cnn1CC1CCC1. The van der Waals surface area contributed by atoms with Gasteiger partial charge in [-0.2, -0.15) is 5.10 Å². The van der Waals surface area contributed by atoms with Gasteiger partial charge in [0.05, 0.1) is 4.92 Å². The molecule has 1 aromatic heterocycles. The first-order chi connectivity index (χ1) is 6.68. The lowest BCUT2D eigenvalue weighted by atomic mass is 9.85. The number of rotatable bonds is 3. The van der Waals surface area contributed by atoms with Gasteiger partial charge < -0.3 is 5.73 Å². The van der Waals surface area contributed by atoms with Gasteiger partial charge in [0, 0.05) is 6.54 Å². The molecule has 2 rings (SSSR count). The van der Waals surface area contributed by atoms with E-state index in [-0.39, 0.29) is 11.5 Å². The molecule has 0 saturated heterocycles. The third-order valence-electron chi connectivity index (χ3n) is 2.71. The van der Waals surface area contributed by atoms with E-state index in [1.165, 1.54) is 30.1 Å². The first-order valence-electron chi connectivity index (χ1n) is 4.64. The second-order valence-corrected chi connectivity index (χ2v) is 3.65. The van der Waals surface area contributed by atoms with Gasteiger partial charge in [-0.05, 0) is 18.8 Å². The van der Waals surface area contributed by atoms with E-state index in [9.17, 15) is 10.1 Å². The first-order valence-corrected chi connectivity index (χ1v) is 4.64. The van der Waals surface area contributed by atoms with Crippen LogP contribution in [-0.4, -0.2) is 14.7 Å². The number of hydrogen-bond donors (Lipinski definition) is 1. The highest BCUT2D eigenvalue weighted by atomic mass is 16.6. The van der Waals surface area contributed by atoms with Crippen molar-refractivity contribution in [3.63, 3.8) is 0 Å². The van der Waals surface area contributed by atoms with Gasteiger partial charge in [0.25, 0.3) is 0 Å². The van der Waals surface area contributed by atoms with Gasteiger partial charge >= 0.3 is 5.69 Å². The molecule has 76 valence electrons. The molecule has 0 spiro atoms. The van der Waals surface area contributed by atoms with E-state index in [0.29, 0.717) is 12.5 Å². The quantitative estimate of drug-likeness (QED) is 0.580. The zero-order chi connectivity index (χ0) is 10.1. The molecular formula is C8H12N4O2. The molecule has 1 saturated carbocycles. The van der Waals surface area contributed by atoms with Crippen molar-refractivity contribution in [2.24, 2.45) is 5.92 Å². The summed E-state index contributed by atoms with van der Waals surface area (Å²) < 4.78 is 1.53. The predicted molar refractivity (Wildman–Crippen MR) is 50.6 cm³/mol. The van der Waals surface area contributed by atoms with Gasteiger partial charge in [0.2, 0.25) is 5.82 Å². The van der Waals surface area contributed by atoms with Crippen LogP contribution in [0.3, 0.4) is 0 Å². The topological polar surface area (TPSA) is 87.0 Å². The van der Waals surface area contributed by atoms with Gasteiger partial charge in [-0.15, -0.1) is 0 Å². The molecule has 1 fully saturated rings. The molecule has 0 aromatic carbocycles. The number of aromatic nitrogens is 2. The summed E-state index contributed by atoms with van der Waals surface area (Å²) >= 11 is 0. The maximum absolute atomic E-state index is 10.5. The number of hydrogen-bond acceptors (Lipinski definition) is 4. The molecule has 0 unspecified atom stereocenters. The highest BCUT2D eigenvalue weighted by molar-refractivity contribution is 5.51. The molecule has 0 amide bonds. The zero-order valence-electron chi connectivity index (χ0n) is 7.72. The van der Waals surface area contributed by atoms with Crippen molar-refractivity contribution in [1.29, 1.82) is 0 Å². The molecule has 2 N–H and O–H groups in total.